The van der Waals surface area contributed by atoms with Gasteiger partial charge in [-0.05, 0) is 32.0 Å². The zero-order valence-electron chi connectivity index (χ0n) is 9.27. The third kappa shape index (κ3) is 3.11. The predicted octanol–water partition coefficient (Wildman–Crippen LogP) is 0.802. The lowest BCUT2D eigenvalue weighted by molar-refractivity contribution is 0.467. The van der Waals surface area contributed by atoms with Gasteiger partial charge in [-0.2, -0.15) is 0 Å². The minimum Gasteiger partial charge on any atom is -0.508 e. The molecule has 0 aliphatic carbocycles. The Labute approximate surface area is 95.3 Å². The molecule has 0 spiro atoms. The number of nitrogen functional groups attached to an aromatic ring is 1. The Bertz CT molecular complexity index is 469. The smallest absolute Gasteiger partial charge is 0.214 e. The van der Waals surface area contributed by atoms with E-state index in [4.69, 9.17) is 5.73 Å². The van der Waals surface area contributed by atoms with E-state index in [1.807, 2.05) is 0 Å². The minimum atomic E-state index is -3.33. The summed E-state index contributed by atoms with van der Waals surface area (Å²) in [6, 6.07) is 4.53. The quantitative estimate of drug-likeness (QED) is 0.539. The van der Waals surface area contributed by atoms with Crippen LogP contribution in [0.5, 0.6) is 5.75 Å². The van der Waals surface area contributed by atoms with Gasteiger partial charge >= 0.3 is 0 Å². The van der Waals surface area contributed by atoms with Crippen molar-refractivity contribution in [3.8, 4) is 5.75 Å². The van der Waals surface area contributed by atoms with Gasteiger partial charge < -0.3 is 10.8 Å². The van der Waals surface area contributed by atoms with E-state index in [1.165, 1.54) is 12.1 Å². The predicted molar refractivity (Wildman–Crippen MR) is 63.4 cm³/mol. The molecule has 0 aliphatic heterocycles. The van der Waals surface area contributed by atoms with Crippen molar-refractivity contribution < 1.29 is 13.5 Å². The number of rotatable bonds is 4. The summed E-state index contributed by atoms with van der Waals surface area (Å²) < 4.78 is 25.4. The van der Waals surface area contributed by atoms with Crippen LogP contribution in [0.15, 0.2) is 18.2 Å². The molecule has 4 N–H and O–H groups in total. The molecular weight excluding hydrogens is 228 g/mol. The SMILES string of the molecule is CC(C)S(=O)(=O)NCc1cc(N)ccc1O. The maximum Gasteiger partial charge on any atom is 0.214 e. The zero-order chi connectivity index (χ0) is 12.3. The highest BCUT2D eigenvalue weighted by molar-refractivity contribution is 7.90. The average molecular weight is 244 g/mol. The first-order valence-corrected chi connectivity index (χ1v) is 6.43. The molecule has 6 heteroatoms. The van der Waals surface area contributed by atoms with Crippen molar-refractivity contribution in [3.63, 3.8) is 0 Å². The highest BCUT2D eigenvalue weighted by Gasteiger charge is 2.15. The molecule has 1 rings (SSSR count). The van der Waals surface area contributed by atoms with Crippen molar-refractivity contribution in [1.29, 1.82) is 0 Å². The van der Waals surface area contributed by atoms with Crippen LogP contribution in [0.25, 0.3) is 0 Å². The molecule has 0 heterocycles. The summed E-state index contributed by atoms with van der Waals surface area (Å²) in [4.78, 5) is 0. The Morgan fingerprint density at radius 1 is 1.44 bits per heavy atom. The normalized spacial score (nSPS) is 11.9. The maximum atomic E-state index is 11.5. The maximum absolute atomic E-state index is 11.5. The number of benzene rings is 1. The van der Waals surface area contributed by atoms with Gasteiger partial charge in [0.05, 0.1) is 5.25 Å². The summed E-state index contributed by atoms with van der Waals surface area (Å²) in [7, 11) is -3.33. The molecule has 0 atom stereocenters. The van der Waals surface area contributed by atoms with Crippen LogP contribution in [0.3, 0.4) is 0 Å². The Morgan fingerprint density at radius 2 is 2.06 bits per heavy atom. The highest BCUT2D eigenvalue weighted by Crippen LogP contribution is 2.19. The Kier molecular flexibility index (Phi) is 3.77. The van der Waals surface area contributed by atoms with E-state index < -0.39 is 15.3 Å². The molecular formula is C10H16N2O3S. The minimum absolute atomic E-state index is 0.0284. The van der Waals surface area contributed by atoms with E-state index in [9.17, 15) is 13.5 Å². The largest absolute Gasteiger partial charge is 0.508 e. The molecule has 90 valence electrons. The highest BCUT2D eigenvalue weighted by atomic mass is 32.2. The van der Waals surface area contributed by atoms with Crippen molar-refractivity contribution in [2.75, 3.05) is 5.73 Å². The molecule has 0 aliphatic rings. The molecule has 0 aromatic heterocycles. The molecule has 5 nitrogen and oxygen atoms in total. The van der Waals surface area contributed by atoms with Crippen LogP contribution in [0.2, 0.25) is 0 Å². The van der Waals surface area contributed by atoms with Gasteiger partial charge in [0.2, 0.25) is 10.0 Å². The lowest BCUT2D eigenvalue weighted by Gasteiger charge is -2.10. The van der Waals surface area contributed by atoms with Crippen LogP contribution in [-0.4, -0.2) is 18.8 Å². The zero-order valence-corrected chi connectivity index (χ0v) is 10.1. The second-order valence-corrected chi connectivity index (χ2v) is 6.12. The van der Waals surface area contributed by atoms with Crippen molar-refractivity contribution >= 4 is 15.7 Å². The summed E-state index contributed by atoms with van der Waals surface area (Å²) in [5.41, 5.74) is 6.48. The van der Waals surface area contributed by atoms with Gasteiger partial charge in [-0.1, -0.05) is 0 Å². The van der Waals surface area contributed by atoms with Crippen molar-refractivity contribution in [2.24, 2.45) is 0 Å². The van der Waals surface area contributed by atoms with E-state index >= 15 is 0 Å². The summed E-state index contributed by atoms with van der Waals surface area (Å²) in [5, 5.41) is 8.98. The van der Waals surface area contributed by atoms with Crippen LogP contribution in [0, 0.1) is 0 Å². The fourth-order valence-corrected chi connectivity index (χ4v) is 1.78. The Balaban J connectivity index is 2.79. The fourth-order valence-electron chi connectivity index (χ4n) is 1.09. The van der Waals surface area contributed by atoms with Gasteiger partial charge in [-0.25, -0.2) is 13.1 Å². The molecule has 0 saturated carbocycles. The summed E-state index contributed by atoms with van der Waals surface area (Å²) >= 11 is 0. The van der Waals surface area contributed by atoms with Crippen LogP contribution in [0.1, 0.15) is 19.4 Å². The average Bonchev–Trinajstić information content (AvgIpc) is 2.19. The Morgan fingerprint density at radius 3 is 2.62 bits per heavy atom. The standard InChI is InChI=1S/C10H16N2O3S/c1-7(2)16(14,15)12-6-8-5-9(11)3-4-10(8)13/h3-5,7,12-13H,6,11H2,1-2H3. The van der Waals surface area contributed by atoms with Crippen LogP contribution in [-0.2, 0) is 16.6 Å². The number of phenolic OH excluding ortho intramolecular Hbond substituents is 1. The van der Waals surface area contributed by atoms with E-state index in [0.29, 0.717) is 11.3 Å². The van der Waals surface area contributed by atoms with Gasteiger partial charge in [0.1, 0.15) is 5.75 Å². The van der Waals surface area contributed by atoms with Gasteiger partial charge in [0.25, 0.3) is 0 Å². The first-order chi connectivity index (χ1) is 7.33. The second-order valence-electron chi connectivity index (χ2n) is 3.80. The van der Waals surface area contributed by atoms with E-state index in [1.54, 1.807) is 19.9 Å². The lowest BCUT2D eigenvalue weighted by atomic mass is 10.2. The first-order valence-electron chi connectivity index (χ1n) is 4.89. The molecule has 16 heavy (non-hydrogen) atoms. The number of phenols is 1. The number of nitrogens with one attached hydrogen (secondary N) is 1. The molecule has 0 amide bonds. The molecule has 0 radical (unpaired) electrons. The van der Waals surface area contributed by atoms with Crippen LogP contribution >= 0.6 is 0 Å². The van der Waals surface area contributed by atoms with Gasteiger partial charge in [-0.15, -0.1) is 0 Å². The number of hydrogen-bond donors (Lipinski definition) is 3. The molecule has 0 bridgehead atoms. The third-order valence-corrected chi connectivity index (χ3v) is 3.98. The van der Waals surface area contributed by atoms with Crippen LogP contribution < -0.4 is 10.5 Å². The number of anilines is 1. The first kappa shape index (κ1) is 12.8. The fraction of sp³-hybridized carbons (Fsp3) is 0.400. The van der Waals surface area contributed by atoms with E-state index in [-0.39, 0.29) is 12.3 Å². The molecule has 0 saturated heterocycles. The van der Waals surface area contributed by atoms with Gasteiger partial charge in [-0.3, -0.25) is 0 Å². The second kappa shape index (κ2) is 4.71. The topological polar surface area (TPSA) is 92.4 Å². The summed E-state index contributed by atoms with van der Waals surface area (Å²) in [6.45, 7) is 3.21. The van der Waals surface area contributed by atoms with E-state index in [0.717, 1.165) is 0 Å². The van der Waals surface area contributed by atoms with Crippen LogP contribution in [0.4, 0.5) is 5.69 Å². The Hall–Kier alpha value is -1.27. The molecule has 0 fully saturated rings. The van der Waals surface area contributed by atoms with Gasteiger partial charge in [0, 0.05) is 17.8 Å². The third-order valence-electron chi connectivity index (χ3n) is 2.19. The number of aromatic hydroxyl groups is 1. The number of nitrogens with two attached hydrogens (primary N) is 1. The van der Waals surface area contributed by atoms with Crippen molar-refractivity contribution in [2.45, 2.75) is 25.6 Å². The number of sulfonamides is 1. The molecule has 0 unspecified atom stereocenters. The van der Waals surface area contributed by atoms with E-state index in [2.05, 4.69) is 4.72 Å². The monoisotopic (exact) mass is 244 g/mol. The lowest BCUT2D eigenvalue weighted by Crippen LogP contribution is -2.30. The summed E-state index contributed by atoms with van der Waals surface area (Å²) in [6.07, 6.45) is 0. The molecule has 1 aromatic carbocycles. The summed E-state index contributed by atoms with van der Waals surface area (Å²) in [5.74, 6) is 0.0284. The molecule has 1 aromatic rings. The van der Waals surface area contributed by atoms with Crippen molar-refractivity contribution in [1.82, 2.24) is 4.72 Å². The van der Waals surface area contributed by atoms with Gasteiger partial charge in [0.15, 0.2) is 0 Å². The van der Waals surface area contributed by atoms with Crippen molar-refractivity contribution in [3.05, 3.63) is 23.8 Å². The number of hydrogen-bond acceptors (Lipinski definition) is 4.